The lowest BCUT2D eigenvalue weighted by atomic mass is 9.75. The van der Waals surface area contributed by atoms with Gasteiger partial charge in [-0.05, 0) is 66.6 Å². The van der Waals surface area contributed by atoms with Crippen LogP contribution in [0.5, 0.6) is 0 Å². The van der Waals surface area contributed by atoms with E-state index in [1.165, 1.54) is 0 Å². The van der Waals surface area contributed by atoms with Gasteiger partial charge in [0.1, 0.15) is 5.60 Å². The van der Waals surface area contributed by atoms with Crippen LogP contribution in [0.3, 0.4) is 0 Å². The molecule has 0 radical (unpaired) electrons. The lowest BCUT2D eigenvalue weighted by Crippen LogP contribution is -2.41. The summed E-state index contributed by atoms with van der Waals surface area (Å²) >= 11 is 3.53. The summed E-state index contributed by atoms with van der Waals surface area (Å²) in [6.45, 7) is 15.0. The summed E-state index contributed by atoms with van der Waals surface area (Å²) in [7, 11) is -0.314. The quantitative estimate of drug-likeness (QED) is 0.574. The van der Waals surface area contributed by atoms with Gasteiger partial charge in [0, 0.05) is 13.1 Å². The van der Waals surface area contributed by atoms with Crippen LogP contribution in [0.4, 0.5) is 4.79 Å². The predicted molar refractivity (Wildman–Crippen MR) is 101 cm³/mol. The minimum atomic E-state index is -0.465. The summed E-state index contributed by atoms with van der Waals surface area (Å²) in [4.78, 5) is 13.8. The Kier molecular flexibility index (Phi) is 6.87. The van der Waals surface area contributed by atoms with Crippen molar-refractivity contribution in [3.05, 3.63) is 11.5 Å². The first-order valence-corrected chi connectivity index (χ1v) is 9.28. The molecule has 2 rings (SSSR count). The third-order valence-corrected chi connectivity index (χ3v) is 4.45. The van der Waals surface area contributed by atoms with E-state index in [4.69, 9.17) is 14.0 Å². The zero-order chi connectivity index (χ0) is 18.8. The van der Waals surface area contributed by atoms with E-state index in [-0.39, 0.29) is 24.4 Å². The number of hydrogen-bond donors (Lipinski definition) is 1. The van der Waals surface area contributed by atoms with Crippen LogP contribution in [-0.2, 0) is 14.0 Å². The fraction of sp³-hybridized carbons (Fsp3) is 0.824. The highest BCUT2D eigenvalue weighted by atomic mass is 32.1. The third-order valence-electron chi connectivity index (χ3n) is 4.45. The van der Waals surface area contributed by atoms with Crippen molar-refractivity contribution in [3.8, 4) is 0 Å². The van der Waals surface area contributed by atoms with Crippen molar-refractivity contribution < 1.29 is 18.8 Å². The van der Waals surface area contributed by atoms with Crippen LogP contribution in [0.15, 0.2) is 11.5 Å². The molecule has 0 aliphatic carbocycles. The molecule has 1 amide bonds. The highest BCUT2D eigenvalue weighted by molar-refractivity contribution is 7.79. The van der Waals surface area contributed by atoms with E-state index in [0.717, 1.165) is 11.9 Å². The number of ether oxygens (including phenoxy) is 1. The first kappa shape index (κ1) is 21.4. The summed E-state index contributed by atoms with van der Waals surface area (Å²) in [6.07, 6.45) is 4.20. The normalized spacial score (nSPS) is 22.5. The standard InChI is InChI=1S/C16H28BNO4.CH4S/c1-14(2,3)20-13(19)18-10-8-12(9-11-18)17-21-15(4,5)16(6,7)22-17;1-2/h8H,9-11H2,1-7H3;2H,1H3. The van der Waals surface area contributed by atoms with Crippen LogP contribution in [0.25, 0.3) is 0 Å². The van der Waals surface area contributed by atoms with Gasteiger partial charge in [-0.15, -0.1) is 0 Å². The molecule has 2 heterocycles. The Balaban J connectivity index is 0.00000139. The number of hydrogen-bond acceptors (Lipinski definition) is 5. The molecule has 0 N–H and O–H groups in total. The minimum absolute atomic E-state index is 0.267. The lowest BCUT2D eigenvalue weighted by molar-refractivity contribution is 0.00578. The Morgan fingerprint density at radius 3 is 2.08 bits per heavy atom. The van der Waals surface area contributed by atoms with Gasteiger partial charge < -0.3 is 18.9 Å². The Morgan fingerprint density at radius 2 is 1.71 bits per heavy atom. The molecule has 2 aliphatic heterocycles. The molecule has 0 saturated carbocycles. The Hall–Kier alpha value is -0.655. The van der Waals surface area contributed by atoms with Gasteiger partial charge in [0.25, 0.3) is 0 Å². The molecule has 5 nitrogen and oxygen atoms in total. The molecule has 0 bridgehead atoms. The molecule has 7 heteroatoms. The molecule has 0 spiro atoms. The minimum Gasteiger partial charge on any atom is -0.444 e. The van der Waals surface area contributed by atoms with Crippen LogP contribution in [0.1, 0.15) is 54.9 Å². The molecule has 138 valence electrons. The topological polar surface area (TPSA) is 48.0 Å². The van der Waals surface area contributed by atoms with Crippen molar-refractivity contribution in [2.24, 2.45) is 0 Å². The van der Waals surface area contributed by atoms with E-state index in [2.05, 4.69) is 12.6 Å². The maximum Gasteiger partial charge on any atom is 0.490 e. The average Bonchev–Trinajstić information content (AvgIpc) is 2.68. The fourth-order valence-corrected chi connectivity index (χ4v) is 2.39. The number of carbonyl (C=O) groups is 1. The van der Waals surface area contributed by atoms with Crippen molar-refractivity contribution in [2.75, 3.05) is 19.3 Å². The van der Waals surface area contributed by atoms with Gasteiger partial charge in [0.05, 0.1) is 11.2 Å². The predicted octanol–water partition coefficient (Wildman–Crippen LogP) is 3.73. The largest absolute Gasteiger partial charge is 0.490 e. The second-order valence-corrected chi connectivity index (χ2v) is 8.04. The molecule has 0 unspecified atom stereocenters. The van der Waals surface area contributed by atoms with Crippen molar-refractivity contribution in [3.63, 3.8) is 0 Å². The molecular formula is C17H32BNO4S. The summed E-state index contributed by atoms with van der Waals surface area (Å²) in [6, 6.07) is 0. The third kappa shape index (κ3) is 5.17. The van der Waals surface area contributed by atoms with Crippen molar-refractivity contribution in [2.45, 2.75) is 71.7 Å². The van der Waals surface area contributed by atoms with Gasteiger partial charge in [-0.25, -0.2) is 4.79 Å². The average molecular weight is 357 g/mol. The monoisotopic (exact) mass is 357 g/mol. The van der Waals surface area contributed by atoms with E-state index in [1.807, 2.05) is 54.5 Å². The van der Waals surface area contributed by atoms with Crippen molar-refractivity contribution >= 4 is 25.8 Å². The van der Waals surface area contributed by atoms with Crippen LogP contribution in [0, 0.1) is 0 Å². The van der Waals surface area contributed by atoms with Gasteiger partial charge in [0.15, 0.2) is 0 Å². The van der Waals surface area contributed by atoms with Crippen molar-refractivity contribution in [1.82, 2.24) is 4.90 Å². The van der Waals surface area contributed by atoms with Gasteiger partial charge in [-0.2, -0.15) is 12.6 Å². The maximum absolute atomic E-state index is 12.1. The maximum atomic E-state index is 12.1. The Morgan fingerprint density at radius 1 is 1.21 bits per heavy atom. The highest BCUT2D eigenvalue weighted by Crippen LogP contribution is 2.39. The van der Waals surface area contributed by atoms with Crippen LogP contribution in [-0.4, -0.2) is 54.3 Å². The summed E-state index contributed by atoms with van der Waals surface area (Å²) in [5.74, 6) is 0. The second-order valence-electron chi connectivity index (χ2n) is 8.04. The number of nitrogens with zero attached hydrogens (tertiary/aromatic N) is 1. The second kappa shape index (κ2) is 7.71. The SMILES string of the molecule is CC(C)(C)OC(=O)N1CC=C(B2OC(C)(C)C(C)(C)O2)CC1.CS. The van der Waals surface area contributed by atoms with E-state index in [0.29, 0.717) is 13.1 Å². The lowest BCUT2D eigenvalue weighted by Gasteiger charge is -2.32. The zero-order valence-electron chi connectivity index (χ0n) is 16.3. The molecule has 0 aromatic heterocycles. The summed E-state index contributed by atoms with van der Waals surface area (Å²) in [5.41, 5.74) is -0.0209. The number of rotatable bonds is 1. The van der Waals surface area contributed by atoms with E-state index in [1.54, 1.807) is 11.2 Å². The summed E-state index contributed by atoms with van der Waals surface area (Å²) in [5, 5.41) is 0. The molecule has 24 heavy (non-hydrogen) atoms. The smallest absolute Gasteiger partial charge is 0.444 e. The molecular weight excluding hydrogens is 325 g/mol. The molecule has 0 aromatic rings. The Bertz CT molecular complexity index is 469. The number of amides is 1. The first-order valence-electron chi connectivity index (χ1n) is 8.38. The Labute approximate surface area is 152 Å². The van der Waals surface area contributed by atoms with Crippen LogP contribution < -0.4 is 0 Å². The summed E-state index contributed by atoms with van der Waals surface area (Å²) < 4.78 is 17.5. The number of carbonyl (C=O) groups excluding carboxylic acids is 1. The highest BCUT2D eigenvalue weighted by Gasteiger charge is 2.52. The molecule has 0 aromatic carbocycles. The molecule has 1 saturated heterocycles. The van der Waals surface area contributed by atoms with E-state index in [9.17, 15) is 4.79 Å². The molecule has 1 fully saturated rings. The fourth-order valence-electron chi connectivity index (χ4n) is 2.39. The van der Waals surface area contributed by atoms with Crippen LogP contribution >= 0.6 is 12.6 Å². The number of thiol groups is 1. The first-order chi connectivity index (χ1) is 10.9. The van der Waals surface area contributed by atoms with Crippen molar-refractivity contribution in [1.29, 1.82) is 0 Å². The molecule has 0 atom stereocenters. The van der Waals surface area contributed by atoms with Gasteiger partial charge in [0.2, 0.25) is 0 Å². The van der Waals surface area contributed by atoms with Crippen LogP contribution in [0.2, 0.25) is 0 Å². The van der Waals surface area contributed by atoms with Gasteiger partial charge >= 0.3 is 13.2 Å². The molecule has 2 aliphatic rings. The van der Waals surface area contributed by atoms with E-state index >= 15 is 0 Å². The van der Waals surface area contributed by atoms with E-state index < -0.39 is 5.60 Å². The van der Waals surface area contributed by atoms with Gasteiger partial charge in [-0.1, -0.05) is 6.08 Å². The zero-order valence-corrected chi connectivity index (χ0v) is 17.2. The van der Waals surface area contributed by atoms with Gasteiger partial charge in [-0.3, -0.25) is 0 Å².